The number of nitrogen functional groups attached to an aromatic ring is 1. The summed E-state index contributed by atoms with van der Waals surface area (Å²) in [6, 6.07) is 4.75. The Hall–Kier alpha value is -2.83. The van der Waals surface area contributed by atoms with E-state index in [1.54, 1.807) is 12.1 Å². The van der Waals surface area contributed by atoms with E-state index in [9.17, 15) is 4.79 Å². The van der Waals surface area contributed by atoms with Gasteiger partial charge in [-0.05, 0) is 19.1 Å². The van der Waals surface area contributed by atoms with Crippen LogP contribution in [-0.2, 0) is 0 Å². The largest absolute Gasteiger partial charge is 0.478 e. The highest BCUT2D eigenvalue weighted by atomic mass is 16.5. The van der Waals surface area contributed by atoms with Crippen LogP contribution >= 0.6 is 0 Å². The minimum Gasteiger partial charge on any atom is -0.478 e. The molecule has 20 heavy (non-hydrogen) atoms. The Morgan fingerprint density at radius 2 is 2.20 bits per heavy atom. The molecule has 0 amide bonds. The number of nitrogens with zero attached hydrogens (tertiary/aromatic N) is 2. The smallest absolute Gasteiger partial charge is 0.339 e. The number of hydrogen-bond donors (Lipinski definition) is 3. The summed E-state index contributed by atoms with van der Waals surface area (Å²) in [6.07, 6.45) is 2.92. The van der Waals surface area contributed by atoms with Gasteiger partial charge in [-0.1, -0.05) is 0 Å². The summed E-state index contributed by atoms with van der Waals surface area (Å²) in [7, 11) is 0. The Morgan fingerprint density at radius 3 is 2.80 bits per heavy atom. The number of carboxylic acid groups (broad SMARTS) is 1. The molecule has 2 heterocycles. The molecule has 0 aliphatic heterocycles. The molecule has 2 rings (SSSR count). The van der Waals surface area contributed by atoms with Gasteiger partial charge >= 0.3 is 5.97 Å². The molecule has 0 fully saturated rings. The van der Waals surface area contributed by atoms with Crippen molar-refractivity contribution in [3.8, 4) is 5.88 Å². The number of ether oxygens (including phenoxy) is 1. The fourth-order valence-corrected chi connectivity index (χ4v) is 1.57. The van der Waals surface area contributed by atoms with Gasteiger partial charge in [0.25, 0.3) is 0 Å². The summed E-state index contributed by atoms with van der Waals surface area (Å²) in [5.74, 6) is -0.398. The Kier molecular flexibility index (Phi) is 3.99. The summed E-state index contributed by atoms with van der Waals surface area (Å²) in [4.78, 5) is 19.2. The Bertz CT molecular complexity index is 614. The summed E-state index contributed by atoms with van der Waals surface area (Å²) < 4.78 is 5.22. The molecule has 104 valence electrons. The quantitative estimate of drug-likeness (QED) is 0.763. The number of nitrogens with one attached hydrogen (secondary N) is 1. The minimum absolute atomic E-state index is 0.00103. The third kappa shape index (κ3) is 3.14. The Labute approximate surface area is 115 Å². The predicted octanol–water partition coefficient (Wildman–Crippen LogP) is 1.90. The molecule has 0 saturated heterocycles. The highest BCUT2D eigenvalue weighted by Gasteiger charge is 2.12. The molecule has 4 N–H and O–H groups in total. The SMILES string of the molecule is CCOc1ccc(Nc2ncc(N)cc2C(=O)O)cn1. The summed E-state index contributed by atoms with van der Waals surface area (Å²) in [5, 5.41) is 12.0. The number of nitrogens with two attached hydrogens (primary N) is 1. The average Bonchev–Trinajstić information content (AvgIpc) is 2.43. The zero-order valence-electron chi connectivity index (χ0n) is 10.8. The number of aromatic nitrogens is 2. The lowest BCUT2D eigenvalue weighted by atomic mass is 10.2. The molecular formula is C13H14N4O3. The maximum Gasteiger partial charge on any atom is 0.339 e. The van der Waals surface area contributed by atoms with Crippen LogP contribution in [0.5, 0.6) is 5.88 Å². The number of hydrogen-bond acceptors (Lipinski definition) is 6. The third-order valence-corrected chi connectivity index (χ3v) is 2.43. The maximum atomic E-state index is 11.1. The van der Waals surface area contributed by atoms with E-state index in [1.165, 1.54) is 18.5 Å². The number of aromatic carboxylic acids is 1. The molecule has 0 unspecified atom stereocenters. The normalized spacial score (nSPS) is 10.1. The molecule has 7 nitrogen and oxygen atoms in total. The van der Waals surface area contributed by atoms with E-state index in [-0.39, 0.29) is 17.1 Å². The van der Waals surface area contributed by atoms with Crippen LogP contribution in [0, 0.1) is 0 Å². The first kappa shape index (κ1) is 13.6. The van der Waals surface area contributed by atoms with Crippen molar-refractivity contribution in [2.45, 2.75) is 6.92 Å². The van der Waals surface area contributed by atoms with Crippen LogP contribution in [0.25, 0.3) is 0 Å². The average molecular weight is 274 g/mol. The molecule has 0 aromatic carbocycles. The number of rotatable bonds is 5. The molecule has 0 radical (unpaired) electrons. The van der Waals surface area contributed by atoms with Gasteiger partial charge in [0.05, 0.1) is 30.4 Å². The van der Waals surface area contributed by atoms with Crippen LogP contribution in [0.1, 0.15) is 17.3 Å². The van der Waals surface area contributed by atoms with Crippen molar-refractivity contribution < 1.29 is 14.6 Å². The van der Waals surface area contributed by atoms with Gasteiger partial charge in [0.15, 0.2) is 0 Å². The fraction of sp³-hybridized carbons (Fsp3) is 0.154. The van der Waals surface area contributed by atoms with Gasteiger partial charge in [-0.3, -0.25) is 0 Å². The van der Waals surface area contributed by atoms with E-state index in [0.717, 1.165) is 0 Å². The molecule has 0 saturated carbocycles. The van der Waals surface area contributed by atoms with Crippen LogP contribution in [0.4, 0.5) is 17.2 Å². The molecule has 0 bridgehead atoms. The van der Waals surface area contributed by atoms with Gasteiger partial charge in [0.1, 0.15) is 11.4 Å². The zero-order valence-corrected chi connectivity index (χ0v) is 10.8. The Balaban J connectivity index is 2.23. The molecular weight excluding hydrogens is 260 g/mol. The fourth-order valence-electron chi connectivity index (χ4n) is 1.57. The molecule has 7 heteroatoms. The minimum atomic E-state index is -1.11. The summed E-state index contributed by atoms with van der Waals surface area (Å²) in [6.45, 7) is 2.40. The second-order valence-corrected chi connectivity index (χ2v) is 3.91. The molecule has 0 atom stereocenters. The van der Waals surface area contributed by atoms with Gasteiger partial charge in [0, 0.05) is 6.07 Å². The van der Waals surface area contributed by atoms with Crippen molar-refractivity contribution in [1.82, 2.24) is 9.97 Å². The van der Waals surface area contributed by atoms with E-state index in [0.29, 0.717) is 18.2 Å². The zero-order chi connectivity index (χ0) is 14.5. The van der Waals surface area contributed by atoms with E-state index in [4.69, 9.17) is 15.6 Å². The first-order valence-electron chi connectivity index (χ1n) is 5.95. The topological polar surface area (TPSA) is 110 Å². The van der Waals surface area contributed by atoms with Gasteiger partial charge in [-0.15, -0.1) is 0 Å². The van der Waals surface area contributed by atoms with E-state index in [1.807, 2.05) is 6.92 Å². The Morgan fingerprint density at radius 1 is 1.40 bits per heavy atom. The van der Waals surface area contributed by atoms with E-state index >= 15 is 0 Å². The van der Waals surface area contributed by atoms with Crippen molar-refractivity contribution in [2.24, 2.45) is 0 Å². The summed E-state index contributed by atoms with van der Waals surface area (Å²) >= 11 is 0. The lowest BCUT2D eigenvalue weighted by molar-refractivity contribution is 0.0697. The standard InChI is InChI=1S/C13H14N4O3/c1-2-20-11-4-3-9(7-15-11)17-12-10(13(18)19)5-8(14)6-16-12/h3-7H,2,14H2,1H3,(H,16,17)(H,18,19). The number of pyridine rings is 2. The van der Waals surface area contributed by atoms with Crippen LogP contribution in [0.3, 0.4) is 0 Å². The van der Waals surface area contributed by atoms with Crippen molar-refractivity contribution in [3.63, 3.8) is 0 Å². The predicted molar refractivity (Wildman–Crippen MR) is 74.3 cm³/mol. The lowest BCUT2D eigenvalue weighted by Crippen LogP contribution is -2.06. The highest BCUT2D eigenvalue weighted by molar-refractivity contribution is 5.94. The monoisotopic (exact) mass is 274 g/mol. The highest BCUT2D eigenvalue weighted by Crippen LogP contribution is 2.21. The molecule has 2 aromatic heterocycles. The van der Waals surface area contributed by atoms with Crippen molar-refractivity contribution in [1.29, 1.82) is 0 Å². The van der Waals surface area contributed by atoms with Gasteiger partial charge < -0.3 is 20.9 Å². The number of anilines is 3. The van der Waals surface area contributed by atoms with E-state index < -0.39 is 5.97 Å². The molecule has 0 aliphatic carbocycles. The molecule has 0 aliphatic rings. The van der Waals surface area contributed by atoms with Crippen LogP contribution in [0.15, 0.2) is 30.6 Å². The van der Waals surface area contributed by atoms with Crippen molar-refractivity contribution in [2.75, 3.05) is 17.7 Å². The number of carbonyl (C=O) groups is 1. The van der Waals surface area contributed by atoms with Crippen LogP contribution in [-0.4, -0.2) is 27.7 Å². The van der Waals surface area contributed by atoms with Crippen molar-refractivity contribution >= 4 is 23.2 Å². The first-order valence-corrected chi connectivity index (χ1v) is 5.95. The van der Waals surface area contributed by atoms with Crippen LogP contribution in [0.2, 0.25) is 0 Å². The van der Waals surface area contributed by atoms with Gasteiger partial charge in [0.2, 0.25) is 5.88 Å². The lowest BCUT2D eigenvalue weighted by Gasteiger charge is -2.09. The molecule has 0 spiro atoms. The maximum absolute atomic E-state index is 11.1. The number of carboxylic acids is 1. The first-order chi connectivity index (χ1) is 9.60. The van der Waals surface area contributed by atoms with E-state index in [2.05, 4.69) is 15.3 Å². The van der Waals surface area contributed by atoms with Gasteiger partial charge in [-0.2, -0.15) is 0 Å². The molecule has 2 aromatic rings. The second-order valence-electron chi connectivity index (χ2n) is 3.91. The second kappa shape index (κ2) is 5.87. The van der Waals surface area contributed by atoms with Crippen molar-refractivity contribution in [3.05, 3.63) is 36.2 Å². The van der Waals surface area contributed by atoms with Gasteiger partial charge in [-0.25, -0.2) is 14.8 Å². The van der Waals surface area contributed by atoms with Crippen LogP contribution < -0.4 is 15.8 Å². The summed E-state index contributed by atoms with van der Waals surface area (Å²) in [5.41, 5.74) is 6.42. The third-order valence-electron chi connectivity index (χ3n) is 2.43.